The molecule has 0 unspecified atom stereocenters. The van der Waals surface area contributed by atoms with Crippen LogP contribution in [0.1, 0.15) is 48.7 Å². The number of carbonyl (C=O) groups is 2. The van der Waals surface area contributed by atoms with Gasteiger partial charge in [0.25, 0.3) is 0 Å². The number of benzene rings is 3. The van der Waals surface area contributed by atoms with Crippen LogP contribution in [0.25, 0.3) is 11.3 Å². The van der Waals surface area contributed by atoms with Crippen LogP contribution in [0.15, 0.2) is 83.9 Å². The van der Waals surface area contributed by atoms with Gasteiger partial charge in [-0.25, -0.2) is 23.2 Å². The second-order valence-corrected chi connectivity index (χ2v) is 13.4. The van der Waals surface area contributed by atoms with Crippen molar-refractivity contribution < 1.29 is 42.1 Å². The molecule has 0 amide bonds. The Morgan fingerprint density at radius 1 is 0.980 bits per heavy atom. The van der Waals surface area contributed by atoms with Crippen molar-refractivity contribution in [3.63, 3.8) is 0 Å². The molecule has 12 nitrogen and oxygen atoms in total. The summed E-state index contributed by atoms with van der Waals surface area (Å²) in [5.74, 6) is 0.198. The van der Waals surface area contributed by atoms with E-state index in [-0.39, 0.29) is 11.4 Å². The Hall–Kier alpha value is -5.01. The van der Waals surface area contributed by atoms with Crippen molar-refractivity contribution in [2.45, 2.75) is 56.1 Å². The lowest BCUT2D eigenvalue weighted by molar-refractivity contribution is -0.155. The molecule has 0 aliphatic carbocycles. The Balaban J connectivity index is 1.41. The average molecular weight is 690 g/mol. The number of carbonyl (C=O) groups excluding carboxylic acids is 1. The number of methoxy groups -OCH3 is 2. The molecule has 1 aliphatic heterocycles. The minimum absolute atomic E-state index is 0.0502. The van der Waals surface area contributed by atoms with E-state index >= 15 is 0 Å². The van der Waals surface area contributed by atoms with Gasteiger partial charge in [-0.2, -0.15) is 4.31 Å². The number of nitrogens with zero attached hydrogens (tertiary/aromatic N) is 3. The number of piperidine rings is 1. The first-order valence-electron chi connectivity index (χ1n) is 15.9. The van der Waals surface area contributed by atoms with Crippen molar-refractivity contribution in [2.75, 3.05) is 27.4 Å². The Kier molecular flexibility index (Phi) is 11.5. The standard InChI is InChI=1S/C36H39N3O9S/c1-24-37-18-17-30(38-24)26-8-7-11-29(22-26)49(43,44)39-19-5-4-12-31(39)36(42)48-32(27-9-6-10-28(21-27)47-23-35(40)41)15-13-25-14-16-33(45-2)34(20-25)46-3/h6-11,14,16-18,20-22,31-32H,4-5,12-13,15,19,23H2,1-3H3,(H,40,41)/t31-,32+/m0/s1. The summed E-state index contributed by atoms with van der Waals surface area (Å²) in [4.78, 5) is 33.7. The SMILES string of the molecule is COc1ccc(CC[C@@H](OC(=O)[C@@H]2CCCCN2S(=O)(=O)c2cccc(-c3ccnc(C)n3)c2)c2cccc(OCC(=O)O)c2)cc1OC. The molecular formula is C36H39N3O9S. The van der Waals surface area contributed by atoms with Crippen LogP contribution in [0.5, 0.6) is 17.2 Å². The number of rotatable bonds is 14. The summed E-state index contributed by atoms with van der Waals surface area (Å²) in [6.45, 7) is 1.38. The van der Waals surface area contributed by atoms with Gasteiger partial charge in [0.1, 0.15) is 23.7 Å². The Bertz CT molecular complexity index is 1900. The molecule has 0 radical (unpaired) electrons. The van der Waals surface area contributed by atoms with E-state index in [0.29, 0.717) is 72.0 Å². The number of sulfonamides is 1. The summed E-state index contributed by atoms with van der Waals surface area (Å²) in [5, 5.41) is 9.09. The highest BCUT2D eigenvalue weighted by atomic mass is 32.2. The van der Waals surface area contributed by atoms with E-state index in [2.05, 4.69) is 9.97 Å². The fourth-order valence-corrected chi connectivity index (χ4v) is 7.49. The lowest BCUT2D eigenvalue weighted by atomic mass is 10.00. The van der Waals surface area contributed by atoms with Crippen LogP contribution in [0, 0.1) is 6.92 Å². The molecule has 2 atom stereocenters. The molecule has 1 N–H and O–H groups in total. The number of aliphatic carboxylic acids is 1. The highest BCUT2D eigenvalue weighted by molar-refractivity contribution is 7.89. The molecule has 0 spiro atoms. The topological polar surface area (TPSA) is 154 Å². The van der Waals surface area contributed by atoms with Crippen molar-refractivity contribution in [3.8, 4) is 28.5 Å². The van der Waals surface area contributed by atoms with Gasteiger partial charge in [-0.3, -0.25) is 4.79 Å². The molecule has 13 heteroatoms. The smallest absolute Gasteiger partial charge is 0.341 e. The molecule has 5 rings (SSSR count). The molecule has 0 saturated carbocycles. The first kappa shape index (κ1) is 35.3. The molecule has 2 heterocycles. The maximum Gasteiger partial charge on any atom is 0.341 e. The maximum absolute atomic E-state index is 14.1. The van der Waals surface area contributed by atoms with E-state index in [1.165, 1.54) is 10.4 Å². The minimum atomic E-state index is -4.10. The van der Waals surface area contributed by atoms with Crippen molar-refractivity contribution in [2.24, 2.45) is 0 Å². The summed E-state index contributed by atoms with van der Waals surface area (Å²) in [7, 11) is -1.00. The van der Waals surface area contributed by atoms with E-state index in [9.17, 15) is 18.0 Å². The summed E-state index contributed by atoms with van der Waals surface area (Å²) in [5.41, 5.74) is 2.68. The first-order chi connectivity index (χ1) is 23.6. The number of carboxylic acid groups (broad SMARTS) is 1. The molecule has 49 heavy (non-hydrogen) atoms. The zero-order chi connectivity index (χ0) is 35.0. The average Bonchev–Trinajstić information content (AvgIpc) is 3.12. The van der Waals surface area contributed by atoms with Crippen LogP contribution < -0.4 is 14.2 Å². The zero-order valence-electron chi connectivity index (χ0n) is 27.6. The molecule has 0 bridgehead atoms. The highest BCUT2D eigenvalue weighted by Gasteiger charge is 2.39. The van der Waals surface area contributed by atoms with Gasteiger partial charge in [-0.05, 0) is 92.6 Å². The molecular weight excluding hydrogens is 650 g/mol. The quantitative estimate of drug-likeness (QED) is 0.169. The molecule has 1 aromatic heterocycles. The van der Waals surface area contributed by atoms with Gasteiger partial charge < -0.3 is 24.1 Å². The second-order valence-electron chi connectivity index (χ2n) is 11.6. The van der Waals surface area contributed by atoms with Crippen LogP contribution >= 0.6 is 0 Å². The fraction of sp³-hybridized carbons (Fsp3) is 0.333. The van der Waals surface area contributed by atoms with Crippen molar-refractivity contribution in [1.29, 1.82) is 0 Å². The summed E-state index contributed by atoms with van der Waals surface area (Å²) < 4.78 is 51.8. The van der Waals surface area contributed by atoms with Gasteiger partial charge >= 0.3 is 11.9 Å². The van der Waals surface area contributed by atoms with E-state index in [0.717, 1.165) is 5.56 Å². The van der Waals surface area contributed by atoms with Crippen LogP contribution in [0.3, 0.4) is 0 Å². The maximum atomic E-state index is 14.1. The highest BCUT2D eigenvalue weighted by Crippen LogP contribution is 2.33. The number of hydrogen-bond acceptors (Lipinski definition) is 10. The third-order valence-corrected chi connectivity index (χ3v) is 10.1. The predicted octanol–water partition coefficient (Wildman–Crippen LogP) is 5.39. The molecule has 1 saturated heterocycles. The first-order valence-corrected chi connectivity index (χ1v) is 17.3. The van der Waals surface area contributed by atoms with Crippen molar-refractivity contribution in [1.82, 2.24) is 14.3 Å². The Morgan fingerprint density at radius 3 is 2.53 bits per heavy atom. The number of esters is 1. The normalized spacial score (nSPS) is 15.6. The lowest BCUT2D eigenvalue weighted by Gasteiger charge is -2.34. The number of carboxylic acids is 1. The minimum Gasteiger partial charge on any atom is -0.493 e. The largest absolute Gasteiger partial charge is 0.493 e. The number of hydrogen-bond donors (Lipinski definition) is 1. The molecule has 4 aromatic rings. The molecule has 1 aliphatic rings. The predicted molar refractivity (Wildman–Crippen MR) is 180 cm³/mol. The van der Waals surface area contributed by atoms with E-state index in [1.807, 2.05) is 12.1 Å². The van der Waals surface area contributed by atoms with Gasteiger partial charge in [0, 0.05) is 18.3 Å². The molecule has 1 fully saturated rings. The van der Waals surface area contributed by atoms with E-state index in [1.54, 1.807) is 81.9 Å². The van der Waals surface area contributed by atoms with Gasteiger partial charge in [-0.15, -0.1) is 0 Å². The fourth-order valence-electron chi connectivity index (χ4n) is 5.79. The van der Waals surface area contributed by atoms with Crippen LogP contribution in [0.2, 0.25) is 0 Å². The molecule has 3 aromatic carbocycles. The number of aryl methyl sites for hydroxylation is 2. The zero-order valence-corrected chi connectivity index (χ0v) is 28.4. The Morgan fingerprint density at radius 2 is 1.78 bits per heavy atom. The van der Waals surface area contributed by atoms with E-state index in [4.69, 9.17) is 24.1 Å². The number of ether oxygens (including phenoxy) is 4. The monoisotopic (exact) mass is 689 g/mol. The summed E-state index contributed by atoms with van der Waals surface area (Å²) in [6.07, 6.45) is 3.17. The van der Waals surface area contributed by atoms with Gasteiger partial charge in [0.05, 0.1) is 24.8 Å². The molecule has 258 valence electrons. The van der Waals surface area contributed by atoms with Gasteiger partial charge in [0.2, 0.25) is 10.0 Å². The third-order valence-electron chi connectivity index (χ3n) is 8.23. The van der Waals surface area contributed by atoms with Crippen LogP contribution in [-0.2, 0) is 30.8 Å². The van der Waals surface area contributed by atoms with Gasteiger partial charge in [0.15, 0.2) is 18.1 Å². The van der Waals surface area contributed by atoms with Gasteiger partial charge in [-0.1, -0.05) is 30.3 Å². The Labute approximate surface area is 285 Å². The summed E-state index contributed by atoms with van der Waals surface area (Å²) in [6, 6.07) is 19.4. The summed E-state index contributed by atoms with van der Waals surface area (Å²) >= 11 is 0. The van der Waals surface area contributed by atoms with Crippen molar-refractivity contribution >= 4 is 22.0 Å². The van der Waals surface area contributed by atoms with Crippen molar-refractivity contribution in [3.05, 3.63) is 95.9 Å². The number of aromatic nitrogens is 2. The lowest BCUT2D eigenvalue weighted by Crippen LogP contribution is -2.48. The van der Waals surface area contributed by atoms with E-state index < -0.39 is 40.7 Å². The van der Waals surface area contributed by atoms with Crippen LogP contribution in [0.4, 0.5) is 0 Å². The van der Waals surface area contributed by atoms with Crippen LogP contribution in [-0.4, -0.2) is 73.1 Å². The second kappa shape index (κ2) is 15.9. The third kappa shape index (κ3) is 8.72.